The number of carbonyl (C=O) groups is 3. The Morgan fingerprint density at radius 3 is 2.55 bits per heavy atom. The van der Waals surface area contributed by atoms with Gasteiger partial charge in [-0.1, -0.05) is 17.7 Å². The summed E-state index contributed by atoms with van der Waals surface area (Å²) in [6.45, 7) is 5.39. The van der Waals surface area contributed by atoms with E-state index in [1.165, 1.54) is 11.8 Å². The second-order valence-electron chi connectivity index (χ2n) is 6.82. The monoisotopic (exact) mass is 413 g/mol. The Kier molecular flexibility index (Phi) is 6.43. The molecule has 1 aliphatic rings. The van der Waals surface area contributed by atoms with Gasteiger partial charge in [-0.25, -0.2) is 0 Å². The number of anilines is 3. The van der Waals surface area contributed by atoms with Crippen LogP contribution in [-0.2, 0) is 14.4 Å². The van der Waals surface area contributed by atoms with E-state index in [4.69, 9.17) is 4.74 Å². The Balaban J connectivity index is 1.50. The maximum atomic E-state index is 12.4. The molecule has 0 saturated carbocycles. The van der Waals surface area contributed by atoms with E-state index in [0.717, 1.165) is 11.3 Å². The van der Waals surface area contributed by atoms with Gasteiger partial charge in [0.1, 0.15) is 5.75 Å². The third-order valence-corrected chi connectivity index (χ3v) is 5.49. The highest BCUT2D eigenvalue weighted by molar-refractivity contribution is 8.01. The first-order chi connectivity index (χ1) is 13.8. The lowest BCUT2D eigenvalue weighted by molar-refractivity contribution is -0.122. The number of rotatable bonds is 6. The maximum Gasteiger partial charge on any atom is 0.265 e. The fourth-order valence-corrected chi connectivity index (χ4v) is 3.32. The molecular formula is C21H23N3O4S. The minimum atomic E-state index is -0.551. The average molecular weight is 413 g/mol. The molecule has 3 amide bonds. The molecule has 0 unspecified atom stereocenters. The van der Waals surface area contributed by atoms with Crippen LogP contribution < -0.4 is 20.7 Å². The Hall–Kier alpha value is -3.00. The van der Waals surface area contributed by atoms with Crippen molar-refractivity contribution in [3.8, 4) is 5.75 Å². The number of amides is 3. The SMILES string of the molecule is Cc1ccc(NC(=O)CS[C@H](C)C(=O)Nc2ccc3c(c2)NC(=O)[C@H](C)O3)cc1. The lowest BCUT2D eigenvalue weighted by atomic mass is 10.2. The molecule has 8 heteroatoms. The molecule has 2 aromatic rings. The van der Waals surface area contributed by atoms with E-state index in [9.17, 15) is 14.4 Å². The van der Waals surface area contributed by atoms with Crippen molar-refractivity contribution in [1.82, 2.24) is 0 Å². The molecule has 0 spiro atoms. The van der Waals surface area contributed by atoms with Gasteiger partial charge in [-0.2, -0.15) is 0 Å². The smallest absolute Gasteiger partial charge is 0.265 e. The number of thioether (sulfide) groups is 1. The first kappa shape index (κ1) is 20.7. The van der Waals surface area contributed by atoms with E-state index in [2.05, 4.69) is 16.0 Å². The number of hydrogen-bond acceptors (Lipinski definition) is 5. The van der Waals surface area contributed by atoms with Crippen molar-refractivity contribution < 1.29 is 19.1 Å². The molecule has 2 atom stereocenters. The molecule has 7 nitrogen and oxygen atoms in total. The van der Waals surface area contributed by atoms with E-state index in [0.29, 0.717) is 17.1 Å². The minimum Gasteiger partial charge on any atom is -0.479 e. The summed E-state index contributed by atoms with van der Waals surface area (Å²) in [6.07, 6.45) is -0.551. The van der Waals surface area contributed by atoms with Crippen LogP contribution in [0.25, 0.3) is 0 Å². The van der Waals surface area contributed by atoms with Crippen LogP contribution in [0.3, 0.4) is 0 Å². The molecule has 0 aromatic heterocycles. The molecule has 29 heavy (non-hydrogen) atoms. The fourth-order valence-electron chi connectivity index (χ4n) is 2.64. The summed E-state index contributed by atoms with van der Waals surface area (Å²) in [4.78, 5) is 36.2. The second kappa shape index (κ2) is 9.00. The predicted octanol–water partition coefficient (Wildman–Crippen LogP) is 3.41. The zero-order valence-electron chi connectivity index (χ0n) is 16.4. The molecule has 2 aromatic carbocycles. The lowest BCUT2D eigenvalue weighted by Crippen LogP contribution is -2.34. The van der Waals surface area contributed by atoms with Crippen molar-refractivity contribution in [2.24, 2.45) is 0 Å². The van der Waals surface area contributed by atoms with Crippen LogP contribution >= 0.6 is 11.8 Å². The summed E-state index contributed by atoms with van der Waals surface area (Å²) >= 11 is 1.25. The lowest BCUT2D eigenvalue weighted by Gasteiger charge is -2.23. The Labute approximate surface area is 173 Å². The van der Waals surface area contributed by atoms with Gasteiger partial charge in [-0.05, 0) is 51.1 Å². The van der Waals surface area contributed by atoms with Crippen LogP contribution in [0.4, 0.5) is 17.1 Å². The third kappa shape index (κ3) is 5.51. The Morgan fingerprint density at radius 1 is 1.14 bits per heavy atom. The van der Waals surface area contributed by atoms with Crippen LogP contribution in [-0.4, -0.2) is 34.8 Å². The number of fused-ring (bicyclic) bond motifs is 1. The molecule has 0 radical (unpaired) electrons. The van der Waals surface area contributed by atoms with Gasteiger partial charge in [-0.3, -0.25) is 14.4 Å². The van der Waals surface area contributed by atoms with Gasteiger partial charge in [0.15, 0.2) is 6.10 Å². The van der Waals surface area contributed by atoms with Gasteiger partial charge in [0.25, 0.3) is 5.91 Å². The molecule has 1 aliphatic heterocycles. The topological polar surface area (TPSA) is 96.5 Å². The largest absolute Gasteiger partial charge is 0.479 e. The molecule has 3 N–H and O–H groups in total. The number of hydrogen-bond donors (Lipinski definition) is 3. The van der Waals surface area contributed by atoms with Crippen molar-refractivity contribution in [3.63, 3.8) is 0 Å². The average Bonchev–Trinajstić information content (AvgIpc) is 2.69. The summed E-state index contributed by atoms with van der Waals surface area (Å²) in [5.74, 6) is 0.0969. The quantitative estimate of drug-likeness (QED) is 0.674. The number of benzene rings is 2. The van der Waals surface area contributed by atoms with E-state index in [-0.39, 0.29) is 23.5 Å². The van der Waals surface area contributed by atoms with Gasteiger partial charge >= 0.3 is 0 Å². The third-order valence-electron chi connectivity index (χ3n) is 4.35. The van der Waals surface area contributed by atoms with Crippen molar-refractivity contribution in [2.75, 3.05) is 21.7 Å². The van der Waals surface area contributed by atoms with E-state index >= 15 is 0 Å². The normalized spacial score (nSPS) is 16.1. The van der Waals surface area contributed by atoms with Crippen LogP contribution in [0.15, 0.2) is 42.5 Å². The van der Waals surface area contributed by atoms with E-state index in [1.54, 1.807) is 32.0 Å². The van der Waals surface area contributed by atoms with Gasteiger partial charge in [0.05, 0.1) is 16.7 Å². The first-order valence-corrected chi connectivity index (χ1v) is 10.3. The van der Waals surface area contributed by atoms with E-state index in [1.807, 2.05) is 31.2 Å². The highest BCUT2D eigenvalue weighted by Gasteiger charge is 2.24. The molecule has 3 rings (SSSR count). The summed E-state index contributed by atoms with van der Waals surface area (Å²) in [5.41, 5.74) is 2.91. The highest BCUT2D eigenvalue weighted by atomic mass is 32.2. The number of nitrogens with one attached hydrogen (secondary N) is 3. The molecule has 0 saturated heterocycles. The minimum absolute atomic E-state index is 0.161. The van der Waals surface area contributed by atoms with Gasteiger partial charge in [-0.15, -0.1) is 11.8 Å². The number of aryl methyl sites for hydroxylation is 1. The number of ether oxygens (including phenoxy) is 1. The van der Waals surface area contributed by atoms with Crippen LogP contribution in [0.2, 0.25) is 0 Å². The van der Waals surface area contributed by atoms with Crippen molar-refractivity contribution in [1.29, 1.82) is 0 Å². The summed E-state index contributed by atoms with van der Waals surface area (Å²) in [5, 5.41) is 7.92. The van der Waals surface area contributed by atoms with E-state index < -0.39 is 11.4 Å². The molecule has 0 aliphatic carbocycles. The van der Waals surface area contributed by atoms with Crippen LogP contribution in [0.5, 0.6) is 5.75 Å². The van der Waals surface area contributed by atoms with Gasteiger partial charge in [0.2, 0.25) is 11.8 Å². The summed E-state index contributed by atoms with van der Waals surface area (Å²) < 4.78 is 5.50. The Bertz CT molecular complexity index is 930. The zero-order valence-corrected chi connectivity index (χ0v) is 17.3. The van der Waals surface area contributed by atoms with Crippen molar-refractivity contribution >= 4 is 46.5 Å². The fraction of sp³-hybridized carbons (Fsp3) is 0.286. The van der Waals surface area contributed by atoms with Crippen LogP contribution in [0, 0.1) is 6.92 Å². The summed E-state index contributed by atoms with van der Waals surface area (Å²) in [6, 6.07) is 12.6. The Morgan fingerprint density at radius 2 is 1.83 bits per heavy atom. The molecule has 0 bridgehead atoms. The summed E-state index contributed by atoms with van der Waals surface area (Å²) in [7, 11) is 0. The van der Waals surface area contributed by atoms with Crippen LogP contribution in [0.1, 0.15) is 19.4 Å². The predicted molar refractivity (Wildman–Crippen MR) is 116 cm³/mol. The highest BCUT2D eigenvalue weighted by Crippen LogP contribution is 2.32. The maximum absolute atomic E-state index is 12.4. The molecular weight excluding hydrogens is 390 g/mol. The number of carbonyl (C=O) groups excluding carboxylic acids is 3. The standard InChI is InChI=1S/C21H23N3O4S/c1-12-4-6-15(7-5-12)22-19(25)11-29-14(3)21(27)23-16-8-9-18-17(10-16)24-20(26)13(2)28-18/h4-10,13-14H,11H2,1-3H3,(H,22,25)(H,23,27)(H,24,26)/t13-,14+/m0/s1. The zero-order chi connectivity index (χ0) is 21.0. The van der Waals surface area contributed by atoms with Gasteiger partial charge < -0.3 is 20.7 Å². The molecule has 152 valence electrons. The van der Waals surface area contributed by atoms with Crippen molar-refractivity contribution in [3.05, 3.63) is 48.0 Å². The second-order valence-corrected chi connectivity index (χ2v) is 8.15. The first-order valence-electron chi connectivity index (χ1n) is 9.22. The van der Waals surface area contributed by atoms with Gasteiger partial charge in [0, 0.05) is 11.4 Å². The molecule has 1 heterocycles. The molecule has 0 fully saturated rings. The van der Waals surface area contributed by atoms with Crippen molar-refractivity contribution in [2.45, 2.75) is 32.1 Å².